The van der Waals surface area contributed by atoms with E-state index in [1.165, 1.54) is 0 Å². The Morgan fingerprint density at radius 2 is 2.14 bits per heavy atom. The first-order chi connectivity index (χ1) is 9.86. The Labute approximate surface area is 132 Å². The topological polar surface area (TPSA) is 64.7 Å². The average Bonchev–Trinajstić information content (AvgIpc) is 2.90. The van der Waals surface area contributed by atoms with Crippen molar-refractivity contribution in [3.63, 3.8) is 0 Å². The summed E-state index contributed by atoms with van der Waals surface area (Å²) in [5, 5.41) is 11.6. The van der Waals surface area contributed by atoms with E-state index in [0.717, 1.165) is 28.0 Å². The molecule has 0 saturated heterocycles. The van der Waals surface area contributed by atoms with Crippen molar-refractivity contribution in [3.8, 4) is 0 Å². The summed E-state index contributed by atoms with van der Waals surface area (Å²) < 4.78 is 4.24. The van der Waals surface area contributed by atoms with E-state index in [1.807, 2.05) is 38.6 Å². The molecule has 0 aliphatic heterocycles. The second-order valence-electron chi connectivity index (χ2n) is 5.07. The van der Waals surface area contributed by atoms with E-state index < -0.39 is 0 Å². The molecule has 0 spiro atoms. The number of carbonyl (C=O) groups excluding carboxylic acids is 1. The zero-order chi connectivity index (χ0) is 15.7. The summed E-state index contributed by atoms with van der Waals surface area (Å²) in [7, 11) is 1.76. The van der Waals surface area contributed by atoms with Gasteiger partial charge in [-0.3, -0.25) is 14.2 Å². The van der Waals surface area contributed by atoms with Gasteiger partial charge >= 0.3 is 0 Å². The van der Waals surface area contributed by atoms with E-state index in [-0.39, 0.29) is 11.9 Å². The van der Waals surface area contributed by atoms with Crippen molar-refractivity contribution in [1.29, 1.82) is 0 Å². The van der Waals surface area contributed by atoms with Crippen LogP contribution in [0.15, 0.2) is 10.7 Å². The van der Waals surface area contributed by atoms with Crippen LogP contribution in [0.25, 0.3) is 0 Å². The molecule has 6 nitrogen and oxygen atoms in total. The lowest BCUT2D eigenvalue weighted by Gasteiger charge is -2.14. The summed E-state index contributed by atoms with van der Waals surface area (Å²) in [6.07, 6.45) is 1.81. The third-order valence-electron chi connectivity index (χ3n) is 3.62. The zero-order valence-corrected chi connectivity index (χ0v) is 14.5. The maximum atomic E-state index is 12.4. The molecule has 21 heavy (non-hydrogen) atoms. The highest BCUT2D eigenvalue weighted by Gasteiger charge is 2.21. The molecular weight excluding hydrogens is 334 g/mol. The fourth-order valence-electron chi connectivity index (χ4n) is 2.43. The van der Waals surface area contributed by atoms with Crippen LogP contribution < -0.4 is 5.32 Å². The second-order valence-corrected chi connectivity index (χ2v) is 5.86. The van der Waals surface area contributed by atoms with Crippen LogP contribution >= 0.6 is 15.9 Å². The molecule has 0 aliphatic rings. The minimum atomic E-state index is -0.152. The van der Waals surface area contributed by atoms with Crippen LogP contribution in [0.4, 0.5) is 0 Å². The van der Waals surface area contributed by atoms with Gasteiger partial charge in [-0.15, -0.1) is 0 Å². The molecule has 1 unspecified atom stereocenters. The Kier molecular flexibility index (Phi) is 4.51. The number of aromatic nitrogens is 4. The number of amides is 1. The molecule has 0 radical (unpaired) electrons. The maximum absolute atomic E-state index is 12.4. The Balaban J connectivity index is 2.21. The largest absolute Gasteiger partial charge is 0.344 e. The number of hydrogen-bond acceptors (Lipinski definition) is 3. The molecule has 0 bridgehead atoms. The monoisotopic (exact) mass is 353 g/mol. The molecule has 2 heterocycles. The van der Waals surface area contributed by atoms with E-state index in [4.69, 9.17) is 0 Å². The fourth-order valence-corrected chi connectivity index (χ4v) is 2.94. The van der Waals surface area contributed by atoms with Gasteiger partial charge in [0.05, 0.1) is 22.4 Å². The van der Waals surface area contributed by atoms with Crippen LogP contribution in [0, 0.1) is 13.8 Å². The highest BCUT2D eigenvalue weighted by molar-refractivity contribution is 9.10. The van der Waals surface area contributed by atoms with E-state index in [1.54, 1.807) is 11.7 Å². The molecule has 0 aromatic carbocycles. The van der Waals surface area contributed by atoms with Crippen LogP contribution in [-0.4, -0.2) is 25.5 Å². The van der Waals surface area contributed by atoms with Crippen molar-refractivity contribution >= 4 is 21.8 Å². The smallest absolute Gasteiger partial charge is 0.271 e. The molecule has 2 aromatic rings. The minimum Gasteiger partial charge on any atom is -0.344 e. The van der Waals surface area contributed by atoms with Gasteiger partial charge < -0.3 is 5.32 Å². The molecule has 0 saturated carbocycles. The molecule has 0 aliphatic carbocycles. The SMILES string of the molecule is CCn1ncc(C(C)NC(=O)c2c(Br)c(C)nn2C)c1C. The second kappa shape index (κ2) is 6.01. The number of hydrogen-bond donors (Lipinski definition) is 1. The van der Waals surface area contributed by atoms with Gasteiger partial charge in [0.2, 0.25) is 0 Å². The fraction of sp³-hybridized carbons (Fsp3) is 0.500. The van der Waals surface area contributed by atoms with Crippen LogP contribution in [0.1, 0.15) is 47.3 Å². The van der Waals surface area contributed by atoms with Gasteiger partial charge in [-0.1, -0.05) is 0 Å². The van der Waals surface area contributed by atoms with Gasteiger partial charge in [0.1, 0.15) is 5.69 Å². The standard InChI is InChI=1S/C14H20BrN5O/c1-6-20-10(4)11(7-16-20)8(2)17-14(21)13-12(15)9(3)18-19(13)5/h7-8H,6H2,1-5H3,(H,17,21). The van der Waals surface area contributed by atoms with Gasteiger partial charge in [0, 0.05) is 24.8 Å². The molecule has 0 fully saturated rings. The van der Waals surface area contributed by atoms with E-state index >= 15 is 0 Å². The average molecular weight is 354 g/mol. The lowest BCUT2D eigenvalue weighted by Crippen LogP contribution is -2.29. The molecule has 2 aromatic heterocycles. The predicted octanol–water partition coefficient (Wildman–Crippen LogP) is 2.51. The highest BCUT2D eigenvalue weighted by atomic mass is 79.9. The van der Waals surface area contributed by atoms with Crippen molar-refractivity contribution < 1.29 is 4.79 Å². The number of nitrogens with zero attached hydrogens (tertiary/aromatic N) is 4. The molecule has 1 N–H and O–H groups in total. The molecule has 2 rings (SSSR count). The van der Waals surface area contributed by atoms with E-state index in [9.17, 15) is 4.79 Å². The summed E-state index contributed by atoms with van der Waals surface area (Å²) in [6, 6.07) is -0.111. The molecule has 1 atom stereocenters. The number of nitrogens with one attached hydrogen (secondary N) is 1. The summed E-state index contributed by atoms with van der Waals surface area (Å²) in [4.78, 5) is 12.4. The van der Waals surface area contributed by atoms with Crippen LogP contribution in [-0.2, 0) is 13.6 Å². The Morgan fingerprint density at radius 1 is 1.48 bits per heavy atom. The van der Waals surface area contributed by atoms with E-state index in [0.29, 0.717) is 5.69 Å². The van der Waals surface area contributed by atoms with Crippen LogP contribution in [0.5, 0.6) is 0 Å². The number of aryl methyl sites for hydroxylation is 3. The van der Waals surface area contributed by atoms with Gasteiger partial charge in [0.25, 0.3) is 5.91 Å². The normalized spacial score (nSPS) is 12.5. The summed E-state index contributed by atoms with van der Waals surface area (Å²) >= 11 is 3.42. The first kappa shape index (κ1) is 15.8. The Bertz CT molecular complexity index is 673. The maximum Gasteiger partial charge on any atom is 0.271 e. The number of halogens is 1. The van der Waals surface area contributed by atoms with Crippen molar-refractivity contribution in [3.05, 3.63) is 33.3 Å². The van der Waals surface area contributed by atoms with Crippen LogP contribution in [0.3, 0.4) is 0 Å². The molecule has 1 amide bonds. The Morgan fingerprint density at radius 3 is 2.62 bits per heavy atom. The van der Waals surface area contributed by atoms with Crippen molar-refractivity contribution in [2.45, 2.75) is 40.3 Å². The quantitative estimate of drug-likeness (QED) is 0.918. The lowest BCUT2D eigenvalue weighted by molar-refractivity contribution is 0.0929. The number of carbonyl (C=O) groups is 1. The first-order valence-electron chi connectivity index (χ1n) is 6.89. The van der Waals surface area contributed by atoms with Crippen molar-refractivity contribution in [2.75, 3.05) is 0 Å². The third-order valence-corrected chi connectivity index (χ3v) is 4.57. The lowest BCUT2D eigenvalue weighted by atomic mass is 10.1. The van der Waals surface area contributed by atoms with Gasteiger partial charge in [-0.2, -0.15) is 10.2 Å². The molecular formula is C14H20BrN5O. The first-order valence-corrected chi connectivity index (χ1v) is 7.68. The molecule has 7 heteroatoms. The van der Waals surface area contributed by atoms with Crippen molar-refractivity contribution in [1.82, 2.24) is 24.9 Å². The molecule has 114 valence electrons. The zero-order valence-electron chi connectivity index (χ0n) is 12.9. The minimum absolute atomic E-state index is 0.111. The summed E-state index contributed by atoms with van der Waals surface area (Å²) in [6.45, 7) is 8.69. The predicted molar refractivity (Wildman–Crippen MR) is 84.2 cm³/mol. The third kappa shape index (κ3) is 2.88. The van der Waals surface area contributed by atoms with Gasteiger partial charge in [-0.05, 0) is 43.6 Å². The van der Waals surface area contributed by atoms with Gasteiger partial charge in [-0.25, -0.2) is 0 Å². The Hall–Kier alpha value is -1.63. The summed E-state index contributed by atoms with van der Waals surface area (Å²) in [5.74, 6) is -0.152. The van der Waals surface area contributed by atoms with Crippen LogP contribution in [0.2, 0.25) is 0 Å². The number of rotatable bonds is 4. The van der Waals surface area contributed by atoms with Gasteiger partial charge in [0.15, 0.2) is 0 Å². The highest BCUT2D eigenvalue weighted by Crippen LogP contribution is 2.22. The van der Waals surface area contributed by atoms with Crippen molar-refractivity contribution in [2.24, 2.45) is 7.05 Å². The summed E-state index contributed by atoms with van der Waals surface area (Å²) in [5.41, 5.74) is 3.43. The van der Waals surface area contributed by atoms with E-state index in [2.05, 4.69) is 31.4 Å².